The first kappa shape index (κ1) is 11.1. The normalized spacial score (nSPS) is 16.9. The van der Waals surface area contributed by atoms with Crippen molar-refractivity contribution < 1.29 is 14.3 Å². The van der Waals surface area contributed by atoms with E-state index in [4.69, 9.17) is 0 Å². The number of aliphatic hydroxyl groups is 1. The molecule has 0 saturated heterocycles. The van der Waals surface area contributed by atoms with Crippen LogP contribution in [0.5, 0.6) is 0 Å². The molecule has 0 heterocycles. The van der Waals surface area contributed by atoms with Crippen molar-refractivity contribution in [3.63, 3.8) is 0 Å². The van der Waals surface area contributed by atoms with Crippen molar-refractivity contribution in [2.24, 2.45) is 5.92 Å². The van der Waals surface area contributed by atoms with E-state index in [9.17, 15) is 14.3 Å². The van der Waals surface area contributed by atoms with Crippen molar-refractivity contribution in [1.29, 1.82) is 0 Å². The molecule has 16 heavy (non-hydrogen) atoms. The van der Waals surface area contributed by atoms with Crippen LogP contribution >= 0.6 is 0 Å². The second-order valence-corrected chi connectivity index (χ2v) is 4.09. The second-order valence-electron chi connectivity index (χ2n) is 4.09. The molecule has 1 fully saturated rings. The average Bonchev–Trinajstić information content (AvgIpc) is 3.10. The highest BCUT2D eigenvalue weighted by molar-refractivity contribution is 5.80. The summed E-state index contributed by atoms with van der Waals surface area (Å²) in [7, 11) is 0. The Morgan fingerprint density at radius 3 is 2.62 bits per heavy atom. The van der Waals surface area contributed by atoms with Crippen LogP contribution in [0.4, 0.5) is 4.39 Å². The number of benzene rings is 1. The number of carbonyl (C=O) groups excluding carboxylic acids is 1. The first-order chi connectivity index (χ1) is 7.66. The number of hydrogen-bond donors (Lipinski definition) is 2. The van der Waals surface area contributed by atoms with Gasteiger partial charge in [0.15, 0.2) is 0 Å². The van der Waals surface area contributed by atoms with Crippen LogP contribution < -0.4 is 5.32 Å². The van der Waals surface area contributed by atoms with Gasteiger partial charge in [-0.15, -0.1) is 0 Å². The molecule has 0 spiro atoms. The van der Waals surface area contributed by atoms with Gasteiger partial charge in [0, 0.05) is 12.5 Å². The van der Waals surface area contributed by atoms with Crippen LogP contribution in [-0.4, -0.2) is 17.6 Å². The molecule has 0 bridgehead atoms. The minimum atomic E-state index is -0.775. The van der Waals surface area contributed by atoms with E-state index >= 15 is 0 Å². The third kappa shape index (κ3) is 2.79. The molecule has 2 N–H and O–H groups in total. The van der Waals surface area contributed by atoms with Gasteiger partial charge in [0.1, 0.15) is 5.82 Å². The number of rotatable bonds is 4. The number of amides is 1. The molecule has 1 saturated carbocycles. The molecule has 1 amide bonds. The molecule has 0 aromatic heterocycles. The molecule has 0 aliphatic heterocycles. The quantitative estimate of drug-likeness (QED) is 0.810. The van der Waals surface area contributed by atoms with Gasteiger partial charge < -0.3 is 10.4 Å². The van der Waals surface area contributed by atoms with Gasteiger partial charge in [-0.1, -0.05) is 12.1 Å². The van der Waals surface area contributed by atoms with Gasteiger partial charge in [-0.2, -0.15) is 0 Å². The molecule has 1 aliphatic carbocycles. The lowest BCUT2D eigenvalue weighted by Crippen LogP contribution is -2.29. The molecule has 4 heteroatoms. The van der Waals surface area contributed by atoms with E-state index in [1.165, 1.54) is 24.3 Å². The van der Waals surface area contributed by atoms with Crippen LogP contribution in [0.3, 0.4) is 0 Å². The SMILES string of the molecule is O=C(NCC(O)c1ccc(F)cc1)C1CC1. The summed E-state index contributed by atoms with van der Waals surface area (Å²) < 4.78 is 12.6. The van der Waals surface area contributed by atoms with Crippen molar-refractivity contribution >= 4 is 5.91 Å². The molecule has 1 aromatic carbocycles. The van der Waals surface area contributed by atoms with Crippen molar-refractivity contribution in [3.8, 4) is 0 Å². The summed E-state index contributed by atoms with van der Waals surface area (Å²) >= 11 is 0. The summed E-state index contributed by atoms with van der Waals surface area (Å²) in [4.78, 5) is 11.3. The number of halogens is 1. The van der Waals surface area contributed by atoms with Crippen LogP contribution in [0.1, 0.15) is 24.5 Å². The van der Waals surface area contributed by atoms with Crippen LogP contribution in [-0.2, 0) is 4.79 Å². The lowest BCUT2D eigenvalue weighted by atomic mass is 10.1. The zero-order valence-corrected chi connectivity index (χ0v) is 8.82. The van der Waals surface area contributed by atoms with Crippen molar-refractivity contribution in [1.82, 2.24) is 5.32 Å². The number of aliphatic hydroxyl groups excluding tert-OH is 1. The molecule has 3 nitrogen and oxygen atoms in total. The Morgan fingerprint density at radius 1 is 1.44 bits per heavy atom. The molecule has 86 valence electrons. The fourth-order valence-electron chi connectivity index (χ4n) is 1.49. The van der Waals surface area contributed by atoms with Gasteiger partial charge >= 0.3 is 0 Å². The van der Waals surface area contributed by atoms with E-state index < -0.39 is 6.10 Å². The number of carbonyl (C=O) groups is 1. The Hall–Kier alpha value is -1.42. The van der Waals surface area contributed by atoms with Crippen molar-refractivity contribution in [2.75, 3.05) is 6.54 Å². The maximum absolute atomic E-state index is 12.6. The Balaban J connectivity index is 1.84. The third-order valence-electron chi connectivity index (χ3n) is 2.67. The van der Waals surface area contributed by atoms with E-state index in [0.717, 1.165) is 12.8 Å². The van der Waals surface area contributed by atoms with Crippen LogP contribution in [0.25, 0.3) is 0 Å². The summed E-state index contributed by atoms with van der Waals surface area (Å²) in [6.45, 7) is 0.182. The summed E-state index contributed by atoms with van der Waals surface area (Å²) in [6.07, 6.45) is 1.11. The zero-order valence-electron chi connectivity index (χ0n) is 8.82. The molecule has 1 aliphatic rings. The second kappa shape index (κ2) is 4.61. The summed E-state index contributed by atoms with van der Waals surface area (Å²) in [6, 6.07) is 5.62. The minimum Gasteiger partial charge on any atom is -0.387 e. The van der Waals surface area contributed by atoms with Gasteiger partial charge in [0.05, 0.1) is 6.10 Å². The maximum Gasteiger partial charge on any atom is 0.223 e. The highest BCUT2D eigenvalue weighted by atomic mass is 19.1. The molecule has 1 atom stereocenters. The molecule has 2 rings (SSSR count). The predicted molar refractivity (Wildman–Crippen MR) is 57.1 cm³/mol. The first-order valence-electron chi connectivity index (χ1n) is 5.38. The van der Waals surface area contributed by atoms with Gasteiger partial charge in [-0.3, -0.25) is 4.79 Å². The van der Waals surface area contributed by atoms with Crippen LogP contribution in [0, 0.1) is 11.7 Å². The van der Waals surface area contributed by atoms with Gasteiger partial charge in [0.2, 0.25) is 5.91 Å². The highest BCUT2D eigenvalue weighted by Gasteiger charge is 2.29. The van der Waals surface area contributed by atoms with E-state index in [2.05, 4.69) is 5.32 Å². The zero-order chi connectivity index (χ0) is 11.5. The smallest absolute Gasteiger partial charge is 0.223 e. The van der Waals surface area contributed by atoms with E-state index in [-0.39, 0.29) is 24.2 Å². The Labute approximate surface area is 93.3 Å². The average molecular weight is 223 g/mol. The molecular weight excluding hydrogens is 209 g/mol. The van der Waals surface area contributed by atoms with Crippen molar-refractivity contribution in [2.45, 2.75) is 18.9 Å². The van der Waals surface area contributed by atoms with Crippen molar-refractivity contribution in [3.05, 3.63) is 35.6 Å². The molecular formula is C12H14FNO2. The molecule has 1 aromatic rings. The van der Waals surface area contributed by atoms with E-state index in [0.29, 0.717) is 5.56 Å². The topological polar surface area (TPSA) is 49.3 Å². The van der Waals surface area contributed by atoms with Gasteiger partial charge in [-0.25, -0.2) is 4.39 Å². The first-order valence-corrected chi connectivity index (χ1v) is 5.38. The van der Waals surface area contributed by atoms with Gasteiger partial charge in [-0.05, 0) is 30.5 Å². The predicted octanol–water partition coefficient (Wildman–Crippen LogP) is 1.39. The van der Waals surface area contributed by atoms with E-state index in [1.54, 1.807) is 0 Å². The minimum absolute atomic E-state index is 0.00108. The van der Waals surface area contributed by atoms with Gasteiger partial charge in [0.25, 0.3) is 0 Å². The monoisotopic (exact) mass is 223 g/mol. The van der Waals surface area contributed by atoms with Crippen LogP contribution in [0.2, 0.25) is 0 Å². The fourth-order valence-corrected chi connectivity index (χ4v) is 1.49. The molecule has 0 radical (unpaired) electrons. The number of hydrogen-bond acceptors (Lipinski definition) is 2. The molecule has 1 unspecified atom stereocenters. The third-order valence-corrected chi connectivity index (χ3v) is 2.67. The summed E-state index contributed by atoms with van der Waals surface area (Å²) in [5.41, 5.74) is 0.609. The summed E-state index contributed by atoms with van der Waals surface area (Å²) in [5, 5.41) is 12.4. The Kier molecular flexibility index (Phi) is 3.19. The standard InChI is InChI=1S/C12H14FNO2/c13-10-5-3-8(4-6-10)11(15)7-14-12(16)9-1-2-9/h3-6,9,11,15H,1-2,7H2,(H,14,16). The van der Waals surface area contributed by atoms with Crippen LogP contribution in [0.15, 0.2) is 24.3 Å². The lowest BCUT2D eigenvalue weighted by molar-refractivity contribution is -0.122. The number of nitrogens with one attached hydrogen (secondary N) is 1. The largest absolute Gasteiger partial charge is 0.387 e. The maximum atomic E-state index is 12.6. The highest BCUT2D eigenvalue weighted by Crippen LogP contribution is 2.28. The Bertz CT molecular complexity index is 373. The summed E-state index contributed by atoms with van der Waals surface area (Å²) in [5.74, 6) is -0.195. The lowest BCUT2D eigenvalue weighted by Gasteiger charge is -2.11. The Morgan fingerprint density at radius 2 is 2.06 bits per heavy atom. The fraction of sp³-hybridized carbons (Fsp3) is 0.417. The van der Waals surface area contributed by atoms with E-state index in [1.807, 2.05) is 0 Å².